The fourth-order valence-electron chi connectivity index (χ4n) is 2.52. The van der Waals surface area contributed by atoms with E-state index in [0.717, 1.165) is 16.0 Å². The zero-order valence-electron chi connectivity index (χ0n) is 13.8. The van der Waals surface area contributed by atoms with Gasteiger partial charge in [-0.05, 0) is 34.5 Å². The van der Waals surface area contributed by atoms with Crippen molar-refractivity contribution in [2.75, 3.05) is 0 Å². The van der Waals surface area contributed by atoms with Crippen LogP contribution in [0.3, 0.4) is 0 Å². The first kappa shape index (κ1) is 17.3. The molecule has 1 aromatic heterocycles. The van der Waals surface area contributed by atoms with Gasteiger partial charge in [0.1, 0.15) is 6.10 Å². The van der Waals surface area contributed by atoms with Crippen molar-refractivity contribution in [3.8, 4) is 0 Å². The first-order valence-electron chi connectivity index (χ1n) is 8.03. The van der Waals surface area contributed by atoms with E-state index in [4.69, 9.17) is 0 Å². The number of hydrogen-bond donors (Lipinski definition) is 1. The molecule has 4 heteroatoms. The number of benzene rings is 2. The summed E-state index contributed by atoms with van der Waals surface area (Å²) >= 11 is 3.40. The highest BCUT2D eigenvalue weighted by Gasteiger charge is 2.24. The van der Waals surface area contributed by atoms with E-state index in [-0.39, 0.29) is 4.58 Å². The van der Waals surface area contributed by atoms with Crippen molar-refractivity contribution >= 4 is 34.3 Å². The predicted octanol–water partition coefficient (Wildman–Crippen LogP) is 5.53. The van der Waals surface area contributed by atoms with Gasteiger partial charge in [-0.2, -0.15) is 0 Å². The van der Waals surface area contributed by atoms with Gasteiger partial charge in [0.05, 0.1) is 9.61 Å². The lowest BCUT2D eigenvalue weighted by molar-refractivity contribution is 0.196. The second kappa shape index (κ2) is 8.06. The Bertz CT molecular complexity index is 792. The topological polar surface area (TPSA) is 33.1 Å². The highest BCUT2D eigenvalue weighted by atomic mass is 32.2. The molecular formula is C20H21NOS2. The summed E-state index contributed by atoms with van der Waals surface area (Å²) in [6.45, 7) is 4.31. The van der Waals surface area contributed by atoms with Crippen LogP contribution < -0.4 is 0 Å². The van der Waals surface area contributed by atoms with Crippen LogP contribution in [-0.4, -0.2) is 19.9 Å². The van der Waals surface area contributed by atoms with Crippen molar-refractivity contribution in [3.63, 3.8) is 0 Å². The van der Waals surface area contributed by atoms with Crippen molar-refractivity contribution in [2.45, 2.75) is 34.8 Å². The summed E-state index contributed by atoms with van der Waals surface area (Å²) in [4.78, 5) is 4.39. The van der Waals surface area contributed by atoms with Gasteiger partial charge in [0.15, 0.2) is 0 Å². The van der Waals surface area contributed by atoms with Gasteiger partial charge in [-0.25, -0.2) is 4.98 Å². The van der Waals surface area contributed by atoms with Gasteiger partial charge < -0.3 is 5.11 Å². The van der Waals surface area contributed by atoms with Crippen LogP contribution in [0.4, 0.5) is 0 Å². The summed E-state index contributed by atoms with van der Waals surface area (Å²) in [7, 11) is 0. The van der Waals surface area contributed by atoms with E-state index in [1.807, 2.05) is 36.4 Å². The molecule has 0 amide bonds. The van der Waals surface area contributed by atoms with Crippen LogP contribution in [0.25, 0.3) is 10.8 Å². The van der Waals surface area contributed by atoms with Crippen molar-refractivity contribution in [3.05, 3.63) is 72.4 Å². The number of fused-ring (bicyclic) bond motifs is 1. The van der Waals surface area contributed by atoms with Crippen molar-refractivity contribution in [1.29, 1.82) is 0 Å². The van der Waals surface area contributed by atoms with Crippen LogP contribution in [0, 0.1) is 0 Å². The summed E-state index contributed by atoms with van der Waals surface area (Å²) in [6.07, 6.45) is 1.25. The molecule has 0 radical (unpaired) electrons. The number of thioether (sulfide) groups is 2. The maximum absolute atomic E-state index is 11.0. The third-order valence-electron chi connectivity index (χ3n) is 3.65. The first-order valence-corrected chi connectivity index (χ1v) is 9.85. The molecule has 0 aliphatic rings. The van der Waals surface area contributed by atoms with Crippen molar-refractivity contribution in [1.82, 2.24) is 4.98 Å². The third-order valence-corrected chi connectivity index (χ3v) is 6.32. The molecule has 0 bridgehead atoms. The molecule has 2 nitrogen and oxygen atoms in total. The molecule has 3 rings (SSSR count). The van der Waals surface area contributed by atoms with Crippen LogP contribution in [0.5, 0.6) is 0 Å². The first-order chi connectivity index (χ1) is 11.6. The molecule has 0 fully saturated rings. The van der Waals surface area contributed by atoms with E-state index in [9.17, 15) is 5.11 Å². The fourth-order valence-corrected chi connectivity index (χ4v) is 5.35. The predicted molar refractivity (Wildman–Crippen MR) is 106 cm³/mol. The van der Waals surface area contributed by atoms with Gasteiger partial charge in [-0.15, -0.1) is 11.8 Å². The Morgan fingerprint density at radius 2 is 1.67 bits per heavy atom. The van der Waals surface area contributed by atoms with Crippen molar-refractivity contribution < 1.29 is 5.11 Å². The summed E-state index contributed by atoms with van der Waals surface area (Å²) in [6, 6.07) is 20.3. The number of aromatic nitrogens is 1. The van der Waals surface area contributed by atoms with E-state index in [1.165, 1.54) is 5.39 Å². The van der Waals surface area contributed by atoms with Crippen molar-refractivity contribution in [2.24, 2.45) is 0 Å². The number of hydrogen-bond acceptors (Lipinski definition) is 4. The van der Waals surface area contributed by atoms with Gasteiger partial charge in [-0.1, -0.05) is 68.1 Å². The number of nitrogens with zero attached hydrogens (tertiary/aromatic N) is 1. The lowest BCUT2D eigenvalue weighted by atomic mass is 10.0. The molecule has 1 heterocycles. The molecule has 3 aromatic rings. The lowest BCUT2D eigenvalue weighted by Crippen LogP contribution is -2.14. The molecule has 0 saturated heterocycles. The molecule has 1 N–H and O–H groups in total. The summed E-state index contributed by atoms with van der Waals surface area (Å²) < 4.78 is 0.000984. The highest BCUT2D eigenvalue weighted by molar-refractivity contribution is 8.17. The summed E-state index contributed by atoms with van der Waals surface area (Å²) in [5.41, 5.74) is 0.954. The van der Waals surface area contributed by atoms with Gasteiger partial charge in [0.25, 0.3) is 0 Å². The second-order valence-electron chi connectivity index (χ2n) is 5.89. The lowest BCUT2D eigenvalue weighted by Gasteiger charge is -2.24. The molecule has 2 aromatic carbocycles. The Morgan fingerprint density at radius 3 is 2.38 bits per heavy atom. The quantitative estimate of drug-likeness (QED) is 0.466. The van der Waals surface area contributed by atoms with E-state index < -0.39 is 6.10 Å². The van der Waals surface area contributed by atoms with Gasteiger partial charge in [0, 0.05) is 11.4 Å². The average Bonchev–Trinajstić information content (AvgIpc) is 2.60. The zero-order valence-corrected chi connectivity index (χ0v) is 15.4. The standard InChI is InChI=1S/C20H21NOS2/c1-14(2)23-20(24-18-9-5-6-12-21-18)19(22)17-11-10-15-7-3-4-8-16(15)13-17/h3-14,19-20,22H,1-2H3/t19-,20-/m0/s1. The molecule has 124 valence electrons. The van der Waals surface area contributed by atoms with Gasteiger partial charge in [0.2, 0.25) is 0 Å². The third kappa shape index (κ3) is 4.32. The molecule has 2 atom stereocenters. The second-order valence-corrected chi connectivity index (χ2v) is 9.07. The number of aliphatic hydroxyl groups excluding tert-OH is 1. The molecule has 24 heavy (non-hydrogen) atoms. The minimum atomic E-state index is -0.547. The smallest absolute Gasteiger partial charge is 0.100 e. The number of pyridine rings is 1. The molecule has 0 unspecified atom stereocenters. The van der Waals surface area contributed by atoms with E-state index >= 15 is 0 Å². The number of aliphatic hydroxyl groups is 1. The van der Waals surface area contributed by atoms with Crippen LogP contribution in [-0.2, 0) is 0 Å². The Morgan fingerprint density at radius 1 is 0.917 bits per heavy atom. The molecule has 0 aliphatic heterocycles. The molecule has 0 saturated carbocycles. The maximum Gasteiger partial charge on any atom is 0.100 e. The highest BCUT2D eigenvalue weighted by Crippen LogP contribution is 2.40. The zero-order chi connectivity index (χ0) is 16.9. The summed E-state index contributed by atoms with van der Waals surface area (Å²) in [5.74, 6) is 0. The Hall–Kier alpha value is -1.49. The Labute approximate surface area is 151 Å². The minimum absolute atomic E-state index is 0.000984. The largest absolute Gasteiger partial charge is 0.386 e. The summed E-state index contributed by atoms with van der Waals surface area (Å²) in [5, 5.41) is 14.7. The monoisotopic (exact) mass is 355 g/mol. The van der Waals surface area contributed by atoms with Gasteiger partial charge in [-0.3, -0.25) is 0 Å². The Balaban J connectivity index is 1.87. The normalized spacial score (nSPS) is 14.0. The molecule has 0 spiro atoms. The van der Waals surface area contributed by atoms with Crippen LogP contribution in [0.2, 0.25) is 0 Å². The Kier molecular flexibility index (Phi) is 5.82. The fraction of sp³-hybridized carbons (Fsp3) is 0.250. The molecular weight excluding hydrogens is 334 g/mol. The van der Waals surface area contributed by atoms with Crippen LogP contribution in [0.15, 0.2) is 71.9 Å². The van der Waals surface area contributed by atoms with E-state index in [2.05, 4.69) is 43.1 Å². The number of rotatable bonds is 6. The van der Waals surface area contributed by atoms with Crippen LogP contribution in [0.1, 0.15) is 25.5 Å². The van der Waals surface area contributed by atoms with Crippen LogP contribution >= 0.6 is 23.5 Å². The van der Waals surface area contributed by atoms with E-state index in [0.29, 0.717) is 5.25 Å². The SMILES string of the molecule is CC(C)S[C@@H](Sc1ccccn1)[C@@H](O)c1ccc2ccccc2c1. The molecule has 0 aliphatic carbocycles. The van der Waals surface area contributed by atoms with Gasteiger partial charge >= 0.3 is 0 Å². The maximum atomic E-state index is 11.0. The minimum Gasteiger partial charge on any atom is -0.386 e. The average molecular weight is 356 g/mol. The van der Waals surface area contributed by atoms with E-state index in [1.54, 1.807) is 29.7 Å².